The fraction of sp³-hybridized carbons (Fsp3) is 0. The molecule has 6 heteroatoms. The summed E-state index contributed by atoms with van der Waals surface area (Å²) in [5.41, 5.74) is 3.85. The minimum Gasteiger partial charge on any atom is -0.320 e. The van der Waals surface area contributed by atoms with Gasteiger partial charge < -0.3 is 9.72 Å². The van der Waals surface area contributed by atoms with Gasteiger partial charge in [0.05, 0.1) is 0 Å². The van der Waals surface area contributed by atoms with E-state index in [0.29, 0.717) is 5.69 Å². The second-order valence-corrected chi connectivity index (χ2v) is 6.88. The third kappa shape index (κ3) is 3.35. The van der Waals surface area contributed by atoms with Crippen LogP contribution in [0.3, 0.4) is 0 Å². The Bertz CT molecular complexity index is 1350. The highest BCUT2D eigenvalue weighted by molar-refractivity contribution is 6.02. The van der Waals surface area contributed by atoms with Crippen LogP contribution in [0.1, 0.15) is 10.5 Å². The molecule has 3 aromatic heterocycles. The van der Waals surface area contributed by atoms with E-state index in [0.717, 1.165) is 22.5 Å². The lowest BCUT2D eigenvalue weighted by atomic mass is 10.1. The van der Waals surface area contributed by atoms with Crippen LogP contribution in [-0.4, -0.2) is 20.1 Å². The molecule has 5 aromatic rings. The Hall–Kier alpha value is -4.19. The number of pyridine rings is 1. The van der Waals surface area contributed by atoms with Crippen LogP contribution in [0, 0.1) is 5.82 Å². The predicted octanol–water partition coefficient (Wildman–Crippen LogP) is 5.18. The molecule has 1 amide bonds. The molecule has 5 rings (SSSR count). The number of carbonyl (C=O) groups is 1. The van der Waals surface area contributed by atoms with Crippen LogP contribution >= 0.6 is 0 Å². The van der Waals surface area contributed by atoms with E-state index in [1.807, 2.05) is 47.0 Å². The number of anilines is 1. The molecule has 3 heterocycles. The van der Waals surface area contributed by atoms with E-state index in [9.17, 15) is 9.18 Å². The number of hydrogen-bond acceptors (Lipinski definition) is 2. The van der Waals surface area contributed by atoms with Gasteiger partial charge in [0.1, 0.15) is 11.6 Å². The van der Waals surface area contributed by atoms with Crippen molar-refractivity contribution in [1.82, 2.24) is 14.2 Å². The van der Waals surface area contributed by atoms with Gasteiger partial charge in [0.2, 0.25) is 0 Å². The summed E-state index contributed by atoms with van der Waals surface area (Å²) in [6.07, 6.45) is 3.78. The molecule has 0 saturated carbocycles. The Labute approximate surface area is 172 Å². The van der Waals surface area contributed by atoms with E-state index in [2.05, 4.69) is 28.6 Å². The maximum atomic E-state index is 13.3. The fourth-order valence-corrected chi connectivity index (χ4v) is 3.41. The zero-order chi connectivity index (χ0) is 20.5. The molecule has 30 heavy (non-hydrogen) atoms. The van der Waals surface area contributed by atoms with Crippen LogP contribution in [0.15, 0.2) is 97.3 Å². The lowest BCUT2D eigenvalue weighted by Gasteiger charge is -2.07. The van der Waals surface area contributed by atoms with Gasteiger partial charge in [-0.1, -0.05) is 42.5 Å². The van der Waals surface area contributed by atoms with Gasteiger partial charge in [-0.15, -0.1) is 0 Å². The monoisotopic (exact) mass is 396 g/mol. The van der Waals surface area contributed by atoms with Crippen molar-refractivity contribution in [3.8, 4) is 16.9 Å². The molecule has 0 fully saturated rings. The van der Waals surface area contributed by atoms with Gasteiger partial charge in [-0.3, -0.25) is 4.79 Å². The normalized spacial score (nSPS) is 11.0. The molecule has 5 nitrogen and oxygen atoms in total. The first-order valence-electron chi connectivity index (χ1n) is 9.47. The number of aromatic nitrogens is 3. The number of fused-ring (bicyclic) bond motifs is 1. The van der Waals surface area contributed by atoms with Crippen molar-refractivity contribution in [3.05, 3.63) is 109 Å². The smallest absolute Gasteiger partial charge is 0.276 e. The van der Waals surface area contributed by atoms with E-state index in [4.69, 9.17) is 0 Å². The molecule has 0 atom stereocenters. The van der Waals surface area contributed by atoms with E-state index in [-0.39, 0.29) is 5.69 Å². The van der Waals surface area contributed by atoms with Crippen LogP contribution in [-0.2, 0) is 0 Å². The summed E-state index contributed by atoms with van der Waals surface area (Å²) in [7, 11) is 0. The first-order chi connectivity index (χ1) is 14.7. The average Bonchev–Trinajstić information content (AvgIpc) is 3.41. The van der Waals surface area contributed by atoms with Gasteiger partial charge in [0.15, 0.2) is 5.69 Å². The molecule has 0 aliphatic rings. The van der Waals surface area contributed by atoms with E-state index < -0.39 is 11.7 Å². The van der Waals surface area contributed by atoms with Gasteiger partial charge in [-0.2, -0.15) is 5.10 Å². The van der Waals surface area contributed by atoms with Crippen molar-refractivity contribution in [1.29, 1.82) is 0 Å². The highest BCUT2D eigenvalue weighted by Crippen LogP contribution is 2.23. The molecule has 0 bridgehead atoms. The van der Waals surface area contributed by atoms with E-state index >= 15 is 0 Å². The van der Waals surface area contributed by atoms with Gasteiger partial charge in [-0.25, -0.2) is 9.07 Å². The number of rotatable bonds is 4. The number of nitrogens with one attached hydrogen (secondary N) is 1. The molecule has 1 N–H and O–H groups in total. The van der Waals surface area contributed by atoms with Crippen LogP contribution in [0.2, 0.25) is 0 Å². The van der Waals surface area contributed by atoms with Gasteiger partial charge in [-0.05, 0) is 53.6 Å². The second-order valence-electron chi connectivity index (χ2n) is 6.88. The largest absolute Gasteiger partial charge is 0.320 e. The van der Waals surface area contributed by atoms with Crippen molar-refractivity contribution in [3.63, 3.8) is 0 Å². The van der Waals surface area contributed by atoms with Gasteiger partial charge in [0, 0.05) is 23.6 Å². The highest BCUT2D eigenvalue weighted by atomic mass is 19.1. The van der Waals surface area contributed by atoms with E-state index in [1.165, 1.54) is 12.1 Å². The number of hydrogen-bond donors (Lipinski definition) is 1. The summed E-state index contributed by atoms with van der Waals surface area (Å²) in [5, 5.41) is 7.08. The molecule has 0 aliphatic carbocycles. The minimum absolute atomic E-state index is 0.244. The van der Waals surface area contributed by atoms with Crippen LogP contribution < -0.4 is 5.32 Å². The Balaban J connectivity index is 1.46. The lowest BCUT2D eigenvalue weighted by molar-refractivity contribution is 0.102. The summed E-state index contributed by atoms with van der Waals surface area (Å²) >= 11 is 0. The van der Waals surface area contributed by atoms with Crippen molar-refractivity contribution in [2.45, 2.75) is 0 Å². The topological polar surface area (TPSA) is 51.3 Å². The molecule has 0 radical (unpaired) electrons. The molecular formula is C24H17FN4O. The van der Waals surface area contributed by atoms with Crippen molar-refractivity contribution < 1.29 is 9.18 Å². The summed E-state index contributed by atoms with van der Waals surface area (Å²) in [4.78, 5) is 12.5. The van der Waals surface area contributed by atoms with Gasteiger partial charge in [0.25, 0.3) is 5.91 Å². The summed E-state index contributed by atoms with van der Waals surface area (Å²) in [5.74, 6) is 0.00461. The fourth-order valence-electron chi connectivity index (χ4n) is 3.41. The quantitative estimate of drug-likeness (QED) is 0.455. The molecule has 0 spiro atoms. The maximum absolute atomic E-state index is 13.3. The summed E-state index contributed by atoms with van der Waals surface area (Å²) in [6.45, 7) is 0. The first-order valence-corrected chi connectivity index (χ1v) is 9.47. The Morgan fingerprint density at radius 3 is 2.53 bits per heavy atom. The van der Waals surface area contributed by atoms with Crippen molar-refractivity contribution in [2.24, 2.45) is 0 Å². The molecule has 146 valence electrons. The summed E-state index contributed by atoms with van der Waals surface area (Å²) in [6, 6.07) is 25.6. The molecule has 0 aliphatic heterocycles. The van der Waals surface area contributed by atoms with Crippen LogP contribution in [0.5, 0.6) is 0 Å². The highest BCUT2D eigenvalue weighted by Gasteiger charge is 2.13. The average molecular weight is 396 g/mol. The molecule has 0 saturated heterocycles. The number of halogens is 1. The van der Waals surface area contributed by atoms with Crippen molar-refractivity contribution >= 4 is 17.1 Å². The number of benzene rings is 2. The summed E-state index contributed by atoms with van der Waals surface area (Å²) < 4.78 is 17.0. The Kier molecular flexibility index (Phi) is 4.37. The van der Waals surface area contributed by atoms with Crippen molar-refractivity contribution in [2.75, 3.05) is 5.32 Å². The van der Waals surface area contributed by atoms with E-state index in [1.54, 1.807) is 29.1 Å². The zero-order valence-corrected chi connectivity index (χ0v) is 15.9. The van der Waals surface area contributed by atoms with Gasteiger partial charge >= 0.3 is 0 Å². The molecular weight excluding hydrogens is 379 g/mol. The Morgan fingerprint density at radius 1 is 0.867 bits per heavy atom. The second kappa shape index (κ2) is 7.33. The standard InChI is InChI=1S/C24H17FN4O/c25-19-7-4-8-20(15-19)26-24(30)22-13-14-29(27-22)23-12-11-21-10-9-18(16-28(21)23)17-5-2-1-3-6-17/h1-16H,(H,26,30). The SMILES string of the molecule is O=C(Nc1cccc(F)c1)c1ccn(-c2ccc3ccc(-c4ccccc4)cn23)n1. The number of amides is 1. The lowest BCUT2D eigenvalue weighted by Crippen LogP contribution is -2.13. The number of nitrogens with zero attached hydrogens (tertiary/aromatic N) is 3. The molecule has 0 unspecified atom stereocenters. The third-order valence-corrected chi connectivity index (χ3v) is 4.88. The minimum atomic E-state index is -0.410. The zero-order valence-electron chi connectivity index (χ0n) is 15.9. The van der Waals surface area contributed by atoms with Crippen LogP contribution in [0.25, 0.3) is 22.5 Å². The third-order valence-electron chi connectivity index (χ3n) is 4.88. The maximum Gasteiger partial charge on any atom is 0.276 e. The number of carbonyl (C=O) groups excluding carboxylic acids is 1. The molecule has 2 aromatic carbocycles. The predicted molar refractivity (Wildman–Crippen MR) is 114 cm³/mol. The van der Waals surface area contributed by atoms with Crippen LogP contribution in [0.4, 0.5) is 10.1 Å². The first kappa shape index (κ1) is 17.9. The Morgan fingerprint density at radius 2 is 1.70 bits per heavy atom.